The number of hydrogen-bond donors (Lipinski definition) is 3. The van der Waals surface area contributed by atoms with Crippen LogP contribution in [0.15, 0.2) is 53.3 Å². The Hall–Kier alpha value is -4.92. The highest BCUT2D eigenvalue weighted by molar-refractivity contribution is 5.95. The highest BCUT2D eigenvalue weighted by Gasteiger charge is 2.33. The number of fused-ring (bicyclic) bond motifs is 1. The first-order valence-corrected chi connectivity index (χ1v) is 13.0. The second kappa shape index (κ2) is 12.1. The molecule has 0 radical (unpaired) electrons. The lowest BCUT2D eigenvalue weighted by atomic mass is 10.1. The van der Waals surface area contributed by atoms with Gasteiger partial charge in [-0.2, -0.15) is 23.1 Å². The number of methoxy groups -OCH3 is 1. The van der Waals surface area contributed by atoms with Crippen LogP contribution in [-0.4, -0.2) is 51.4 Å². The monoisotopic (exact) mass is 601 g/mol. The van der Waals surface area contributed by atoms with Crippen LogP contribution in [0, 0.1) is 0 Å². The van der Waals surface area contributed by atoms with Crippen LogP contribution in [0.5, 0.6) is 11.6 Å². The maximum atomic E-state index is 13.6. The number of nitrogens with zero attached hydrogens (tertiary/aromatic N) is 4. The molecule has 43 heavy (non-hydrogen) atoms. The predicted octanol–water partition coefficient (Wildman–Crippen LogP) is 5.63. The fourth-order valence-corrected chi connectivity index (χ4v) is 3.91. The summed E-state index contributed by atoms with van der Waals surface area (Å²) in [7, 11) is 1.51. The lowest BCUT2D eigenvalue weighted by molar-refractivity contribution is -0.137. The minimum absolute atomic E-state index is 0.0290. The number of nitrogens with two attached hydrogens (primary N) is 1. The highest BCUT2D eigenvalue weighted by Crippen LogP contribution is 2.36. The third kappa shape index (κ3) is 7.68. The number of amides is 1. The number of nitrogens with one attached hydrogen (secondary N) is 2. The molecule has 4 N–H and O–H groups in total. The smallest absolute Gasteiger partial charge is 0.420 e. The number of benzene rings is 2. The van der Waals surface area contributed by atoms with E-state index in [9.17, 15) is 22.8 Å². The van der Waals surface area contributed by atoms with Crippen molar-refractivity contribution in [1.29, 1.82) is 0 Å². The fraction of sp³-hybridized carbons (Fsp3) is 0.321. The van der Waals surface area contributed by atoms with Gasteiger partial charge >= 0.3 is 12.3 Å². The molecular formula is C28H30F3N7O5. The molecule has 0 fully saturated rings. The summed E-state index contributed by atoms with van der Waals surface area (Å²) in [6.45, 7) is 6.89. The quantitative estimate of drug-likeness (QED) is 0.231. The summed E-state index contributed by atoms with van der Waals surface area (Å²) in [5.41, 5.74) is 3.53. The average Bonchev–Trinajstić information content (AvgIpc) is 2.89. The molecule has 1 atom stereocenters. The molecule has 1 amide bonds. The average molecular weight is 602 g/mol. The Bertz CT molecular complexity index is 1690. The molecule has 0 saturated carbocycles. The summed E-state index contributed by atoms with van der Waals surface area (Å²) in [5.74, 6) is -0.450. The van der Waals surface area contributed by atoms with Crippen molar-refractivity contribution in [3.05, 3.63) is 64.4 Å². The van der Waals surface area contributed by atoms with Crippen LogP contribution in [-0.2, 0) is 15.7 Å². The van der Waals surface area contributed by atoms with Gasteiger partial charge in [0.25, 0.3) is 5.56 Å². The first-order chi connectivity index (χ1) is 20.1. The molecule has 12 nitrogen and oxygen atoms in total. The van der Waals surface area contributed by atoms with Gasteiger partial charge in [0.2, 0.25) is 11.8 Å². The first-order valence-electron chi connectivity index (χ1n) is 13.0. The number of H-pyrrole nitrogens is 1. The molecule has 2 heterocycles. The van der Waals surface area contributed by atoms with Crippen LogP contribution in [0.1, 0.15) is 33.3 Å². The molecule has 228 valence electrons. The molecule has 0 saturated heterocycles. The third-order valence-corrected chi connectivity index (χ3v) is 5.64. The lowest BCUT2D eigenvalue weighted by Crippen LogP contribution is -2.34. The Morgan fingerprint density at radius 3 is 2.49 bits per heavy atom. The van der Waals surface area contributed by atoms with E-state index in [0.29, 0.717) is 5.52 Å². The molecule has 0 unspecified atom stereocenters. The van der Waals surface area contributed by atoms with Crippen molar-refractivity contribution in [2.75, 3.05) is 29.7 Å². The van der Waals surface area contributed by atoms with Crippen LogP contribution >= 0.6 is 0 Å². The first kappa shape index (κ1) is 31.0. The molecule has 4 rings (SSSR count). The fourth-order valence-electron chi connectivity index (χ4n) is 3.91. The Labute approximate surface area is 244 Å². The van der Waals surface area contributed by atoms with Gasteiger partial charge in [-0.15, -0.1) is 0 Å². The Kier molecular flexibility index (Phi) is 8.75. The zero-order valence-corrected chi connectivity index (χ0v) is 23.9. The number of ether oxygens (including phenoxy) is 3. The van der Waals surface area contributed by atoms with E-state index in [4.69, 9.17) is 19.9 Å². The standard InChI is InChI=1S/C28H30F3N7O5/c1-15(14-41-5)33-25-35-20(13-21(36-25)42-19-11-7-10-18-22(19)37-23(32)24(39)34-18)38(26(40)43-27(2,3)4)17-9-6-8-16(12-17)28(29,30)31/h6-13,15H,14H2,1-5H3,(H2,32,37)(H,34,39)(H,33,35,36)/t15-/m0/s1. The van der Waals surface area contributed by atoms with Crippen molar-refractivity contribution >= 4 is 40.4 Å². The van der Waals surface area contributed by atoms with Crippen molar-refractivity contribution < 1.29 is 32.2 Å². The molecule has 2 aromatic carbocycles. The van der Waals surface area contributed by atoms with Crippen molar-refractivity contribution in [2.45, 2.75) is 45.5 Å². The number of halogens is 3. The van der Waals surface area contributed by atoms with E-state index in [1.54, 1.807) is 45.9 Å². The summed E-state index contributed by atoms with van der Waals surface area (Å²) in [4.78, 5) is 41.8. The third-order valence-electron chi connectivity index (χ3n) is 5.64. The largest absolute Gasteiger partial charge is 0.443 e. The summed E-state index contributed by atoms with van der Waals surface area (Å²) >= 11 is 0. The normalized spacial score (nSPS) is 12.6. The van der Waals surface area contributed by atoms with Gasteiger partial charge < -0.3 is 30.2 Å². The van der Waals surface area contributed by atoms with E-state index in [-0.39, 0.29) is 53.1 Å². The second-order valence-electron chi connectivity index (χ2n) is 10.5. The number of nitrogen functional groups attached to an aromatic ring is 1. The minimum Gasteiger partial charge on any atom is -0.443 e. The van der Waals surface area contributed by atoms with Crippen molar-refractivity contribution in [2.24, 2.45) is 0 Å². The van der Waals surface area contributed by atoms with E-state index in [0.717, 1.165) is 17.0 Å². The maximum absolute atomic E-state index is 13.6. The van der Waals surface area contributed by atoms with Crippen molar-refractivity contribution in [3.8, 4) is 11.6 Å². The molecule has 0 bridgehead atoms. The molecule has 0 aliphatic heterocycles. The van der Waals surface area contributed by atoms with Gasteiger partial charge in [-0.25, -0.2) is 14.7 Å². The van der Waals surface area contributed by atoms with Crippen molar-refractivity contribution in [3.63, 3.8) is 0 Å². The SMILES string of the molecule is COC[C@H](C)Nc1nc(Oc2cccc3[nH]c(=O)c(N)nc23)cc(N(C(=O)OC(C)(C)C)c2cccc(C(F)(F)F)c2)n1. The Morgan fingerprint density at radius 1 is 1.09 bits per heavy atom. The highest BCUT2D eigenvalue weighted by atomic mass is 19.4. The van der Waals surface area contributed by atoms with Gasteiger partial charge in [-0.3, -0.25) is 4.79 Å². The van der Waals surface area contributed by atoms with E-state index in [1.165, 1.54) is 25.3 Å². The van der Waals surface area contributed by atoms with Crippen LogP contribution in [0.4, 0.5) is 41.2 Å². The van der Waals surface area contributed by atoms with Gasteiger partial charge in [0, 0.05) is 19.2 Å². The van der Waals surface area contributed by atoms with Gasteiger partial charge in [0.15, 0.2) is 17.4 Å². The molecule has 4 aromatic rings. The molecule has 2 aromatic heterocycles. The van der Waals surface area contributed by atoms with Gasteiger partial charge in [0.1, 0.15) is 11.1 Å². The number of para-hydroxylation sites is 1. The summed E-state index contributed by atoms with van der Waals surface area (Å²) in [6, 6.07) is 9.85. The number of alkyl halides is 3. The summed E-state index contributed by atoms with van der Waals surface area (Å²) in [5, 5.41) is 3.02. The zero-order chi connectivity index (χ0) is 31.5. The molecule has 15 heteroatoms. The van der Waals surface area contributed by atoms with E-state index >= 15 is 0 Å². The zero-order valence-electron chi connectivity index (χ0n) is 23.9. The van der Waals surface area contributed by atoms with E-state index in [2.05, 4.69) is 25.3 Å². The van der Waals surface area contributed by atoms with E-state index in [1.807, 2.05) is 0 Å². The van der Waals surface area contributed by atoms with Gasteiger partial charge in [0.05, 0.1) is 23.4 Å². The number of rotatable bonds is 8. The summed E-state index contributed by atoms with van der Waals surface area (Å²) in [6.07, 6.45) is -5.67. The van der Waals surface area contributed by atoms with Crippen LogP contribution < -0.4 is 26.2 Å². The number of carbonyl (C=O) groups excluding carboxylic acids is 1. The second-order valence-corrected chi connectivity index (χ2v) is 10.5. The van der Waals surface area contributed by atoms with E-state index < -0.39 is 29.0 Å². The molecular weight excluding hydrogens is 571 g/mol. The Morgan fingerprint density at radius 2 is 1.81 bits per heavy atom. The molecule has 0 spiro atoms. The van der Waals surface area contributed by atoms with Crippen LogP contribution in [0.25, 0.3) is 11.0 Å². The lowest BCUT2D eigenvalue weighted by Gasteiger charge is -2.27. The number of hydrogen-bond acceptors (Lipinski definition) is 10. The van der Waals surface area contributed by atoms with Crippen LogP contribution in [0.3, 0.4) is 0 Å². The molecule has 0 aliphatic rings. The summed E-state index contributed by atoms with van der Waals surface area (Å²) < 4.78 is 57.6. The maximum Gasteiger partial charge on any atom is 0.420 e. The number of anilines is 4. The minimum atomic E-state index is -4.68. The van der Waals surface area contributed by atoms with Crippen LogP contribution in [0.2, 0.25) is 0 Å². The number of carbonyl (C=O) groups is 1. The topological polar surface area (TPSA) is 158 Å². The molecule has 0 aliphatic carbocycles. The number of aromatic amines is 1. The predicted molar refractivity (Wildman–Crippen MR) is 154 cm³/mol. The number of aromatic nitrogens is 4. The van der Waals surface area contributed by atoms with Gasteiger partial charge in [-0.1, -0.05) is 12.1 Å². The van der Waals surface area contributed by atoms with Crippen molar-refractivity contribution in [1.82, 2.24) is 19.9 Å². The van der Waals surface area contributed by atoms with Gasteiger partial charge in [-0.05, 0) is 58.0 Å². The Balaban J connectivity index is 1.89.